The monoisotopic (exact) mass is 386 g/mol. The highest BCUT2D eigenvalue weighted by molar-refractivity contribution is 6.07. The van der Waals surface area contributed by atoms with Crippen molar-refractivity contribution >= 4 is 17.8 Å². The molecule has 7 nitrogen and oxygen atoms in total. The second-order valence-corrected chi connectivity index (χ2v) is 7.91. The second kappa shape index (κ2) is 8.04. The van der Waals surface area contributed by atoms with Gasteiger partial charge in [0.25, 0.3) is 0 Å². The van der Waals surface area contributed by atoms with Gasteiger partial charge in [-0.1, -0.05) is 0 Å². The molecule has 0 N–H and O–H groups in total. The Morgan fingerprint density at radius 3 is 2.39 bits per heavy atom. The molecule has 2 heterocycles. The van der Waals surface area contributed by atoms with E-state index in [2.05, 4.69) is 0 Å². The molecule has 3 rings (SSSR count). The summed E-state index contributed by atoms with van der Waals surface area (Å²) in [6.07, 6.45) is 3.03. The Bertz CT molecular complexity index is 802. The molecule has 1 aromatic rings. The number of nitrogens with zero attached hydrogens (tertiary/aromatic N) is 2. The zero-order valence-electron chi connectivity index (χ0n) is 16.6. The third-order valence-corrected chi connectivity index (χ3v) is 4.59. The number of rotatable bonds is 3. The Morgan fingerprint density at radius 2 is 1.71 bits per heavy atom. The van der Waals surface area contributed by atoms with Crippen LogP contribution in [0.1, 0.15) is 36.7 Å². The second-order valence-electron chi connectivity index (χ2n) is 7.91. The number of benzene rings is 1. The summed E-state index contributed by atoms with van der Waals surface area (Å²) >= 11 is 0. The summed E-state index contributed by atoms with van der Waals surface area (Å²) in [4.78, 5) is 40.0. The summed E-state index contributed by atoms with van der Waals surface area (Å²) in [7, 11) is 0. The van der Waals surface area contributed by atoms with E-state index < -0.39 is 5.60 Å². The van der Waals surface area contributed by atoms with Gasteiger partial charge in [-0.25, -0.2) is 4.79 Å². The summed E-state index contributed by atoms with van der Waals surface area (Å²) in [5.74, 6) is 0.372. The molecule has 0 radical (unpaired) electrons. The molecule has 2 aliphatic rings. The quantitative estimate of drug-likeness (QED) is 0.589. The number of fused-ring (bicyclic) bond motifs is 1. The first-order valence-corrected chi connectivity index (χ1v) is 9.48. The highest BCUT2D eigenvalue weighted by Crippen LogP contribution is 2.26. The number of allylic oxidation sites excluding steroid dienone is 1. The Balaban J connectivity index is 1.51. The summed E-state index contributed by atoms with van der Waals surface area (Å²) in [6.45, 7) is 7.73. The van der Waals surface area contributed by atoms with Crippen molar-refractivity contribution in [1.29, 1.82) is 0 Å². The first-order valence-electron chi connectivity index (χ1n) is 9.48. The largest absolute Gasteiger partial charge is 0.493 e. The fraction of sp³-hybridized carbons (Fsp3) is 0.476. The third-order valence-electron chi connectivity index (χ3n) is 4.59. The van der Waals surface area contributed by atoms with Crippen molar-refractivity contribution in [2.45, 2.75) is 32.8 Å². The highest BCUT2D eigenvalue weighted by atomic mass is 16.6. The summed E-state index contributed by atoms with van der Waals surface area (Å²) in [6, 6.07) is 5.32. The topological polar surface area (TPSA) is 76.2 Å². The molecule has 0 bridgehead atoms. The number of ether oxygens (including phenoxy) is 2. The minimum Gasteiger partial charge on any atom is -0.493 e. The van der Waals surface area contributed by atoms with Crippen molar-refractivity contribution in [2.75, 3.05) is 32.8 Å². The van der Waals surface area contributed by atoms with Crippen LogP contribution in [0.15, 0.2) is 30.4 Å². The third kappa shape index (κ3) is 4.91. The van der Waals surface area contributed by atoms with Gasteiger partial charge in [-0.05, 0) is 50.6 Å². The number of hydrogen-bond acceptors (Lipinski definition) is 5. The van der Waals surface area contributed by atoms with E-state index in [0.717, 1.165) is 17.7 Å². The lowest BCUT2D eigenvalue weighted by Gasteiger charge is -2.35. The minimum absolute atomic E-state index is 0.213. The molecule has 0 spiro atoms. The lowest BCUT2D eigenvalue weighted by Crippen LogP contribution is -2.51. The average molecular weight is 386 g/mol. The maximum Gasteiger partial charge on any atom is 0.410 e. The van der Waals surface area contributed by atoms with E-state index in [0.29, 0.717) is 38.3 Å². The maximum atomic E-state index is 12.4. The van der Waals surface area contributed by atoms with Crippen LogP contribution in [0.5, 0.6) is 5.75 Å². The van der Waals surface area contributed by atoms with E-state index in [4.69, 9.17) is 9.47 Å². The number of piperazine rings is 1. The number of carbonyl (C=O) groups is 3. The summed E-state index contributed by atoms with van der Waals surface area (Å²) in [5.41, 5.74) is 1.02. The molecule has 0 aliphatic carbocycles. The van der Waals surface area contributed by atoms with Crippen molar-refractivity contribution in [1.82, 2.24) is 9.80 Å². The zero-order chi connectivity index (χ0) is 20.3. The fourth-order valence-electron chi connectivity index (χ4n) is 3.12. The summed E-state index contributed by atoms with van der Waals surface area (Å²) < 4.78 is 10.8. The van der Waals surface area contributed by atoms with Crippen LogP contribution in [0.3, 0.4) is 0 Å². The van der Waals surface area contributed by atoms with Gasteiger partial charge >= 0.3 is 6.09 Å². The number of carbonyl (C=O) groups excluding carboxylic acids is 3. The molecule has 1 saturated heterocycles. The van der Waals surface area contributed by atoms with Gasteiger partial charge in [-0.3, -0.25) is 9.59 Å². The van der Waals surface area contributed by atoms with Gasteiger partial charge in [-0.2, -0.15) is 0 Å². The standard InChI is InChI=1S/C21H26N2O5/c1-21(2,3)28-20(26)23-11-9-22(10-12-23)19(25)7-5-17(24)15-4-6-18-16(14-15)8-13-27-18/h4-7,14H,8-13H2,1-3H3/b7-5+. The van der Waals surface area contributed by atoms with Gasteiger partial charge in [0.05, 0.1) is 6.61 Å². The predicted octanol–water partition coefficient (Wildman–Crippen LogP) is 2.44. The molecule has 0 aromatic heterocycles. The molecule has 0 atom stereocenters. The molecule has 1 fully saturated rings. The Hall–Kier alpha value is -2.83. The van der Waals surface area contributed by atoms with Crippen LogP contribution in [0.4, 0.5) is 4.79 Å². The molecule has 7 heteroatoms. The molecule has 1 aromatic carbocycles. The van der Waals surface area contributed by atoms with E-state index in [9.17, 15) is 14.4 Å². The van der Waals surface area contributed by atoms with Gasteiger partial charge in [0.15, 0.2) is 5.78 Å². The Morgan fingerprint density at radius 1 is 1.04 bits per heavy atom. The SMILES string of the molecule is CC(C)(C)OC(=O)N1CCN(C(=O)/C=C/C(=O)c2ccc3c(c2)CCO3)CC1. The lowest BCUT2D eigenvalue weighted by atomic mass is 10.1. The van der Waals surface area contributed by atoms with Crippen LogP contribution in [0, 0.1) is 0 Å². The molecule has 0 unspecified atom stereocenters. The molecular formula is C21H26N2O5. The number of ketones is 1. The fourth-order valence-corrected chi connectivity index (χ4v) is 3.12. The van der Waals surface area contributed by atoms with Crippen molar-refractivity contribution in [2.24, 2.45) is 0 Å². The Labute approximate surface area is 164 Å². The Kier molecular flexibility index (Phi) is 5.72. The lowest BCUT2D eigenvalue weighted by molar-refractivity contribution is -0.127. The van der Waals surface area contributed by atoms with Gasteiger partial charge in [-0.15, -0.1) is 0 Å². The van der Waals surface area contributed by atoms with Gasteiger partial charge in [0.2, 0.25) is 5.91 Å². The van der Waals surface area contributed by atoms with Gasteiger partial charge < -0.3 is 19.3 Å². The molecule has 2 amide bonds. The molecular weight excluding hydrogens is 360 g/mol. The smallest absolute Gasteiger partial charge is 0.410 e. The molecule has 150 valence electrons. The molecule has 2 aliphatic heterocycles. The highest BCUT2D eigenvalue weighted by Gasteiger charge is 2.27. The van der Waals surface area contributed by atoms with E-state index in [-0.39, 0.29) is 17.8 Å². The summed E-state index contributed by atoms with van der Waals surface area (Å²) in [5, 5.41) is 0. The first kappa shape index (κ1) is 19.9. The van der Waals surface area contributed by atoms with E-state index in [1.165, 1.54) is 12.2 Å². The zero-order valence-corrected chi connectivity index (χ0v) is 16.6. The predicted molar refractivity (Wildman–Crippen MR) is 103 cm³/mol. The van der Waals surface area contributed by atoms with E-state index in [1.807, 2.05) is 26.8 Å². The van der Waals surface area contributed by atoms with E-state index >= 15 is 0 Å². The average Bonchev–Trinajstić information content (AvgIpc) is 3.12. The van der Waals surface area contributed by atoms with Crippen LogP contribution in [0.2, 0.25) is 0 Å². The first-order chi connectivity index (χ1) is 13.2. The number of amides is 2. The van der Waals surface area contributed by atoms with Crippen molar-refractivity contribution in [3.63, 3.8) is 0 Å². The van der Waals surface area contributed by atoms with Crippen LogP contribution in [0.25, 0.3) is 0 Å². The molecule has 0 saturated carbocycles. The van der Waals surface area contributed by atoms with Crippen molar-refractivity contribution in [3.8, 4) is 5.75 Å². The number of hydrogen-bond donors (Lipinski definition) is 0. The van der Waals surface area contributed by atoms with Gasteiger partial charge in [0.1, 0.15) is 11.4 Å². The maximum absolute atomic E-state index is 12.4. The van der Waals surface area contributed by atoms with Gasteiger partial charge in [0, 0.05) is 44.2 Å². The minimum atomic E-state index is -0.545. The normalized spacial score (nSPS) is 16.7. The van der Waals surface area contributed by atoms with Crippen molar-refractivity contribution < 1.29 is 23.9 Å². The van der Waals surface area contributed by atoms with Crippen LogP contribution in [-0.2, 0) is 16.0 Å². The van der Waals surface area contributed by atoms with Crippen molar-refractivity contribution in [3.05, 3.63) is 41.5 Å². The van der Waals surface area contributed by atoms with Crippen LogP contribution in [-0.4, -0.2) is 66.0 Å². The van der Waals surface area contributed by atoms with Crippen LogP contribution < -0.4 is 4.74 Å². The van der Waals surface area contributed by atoms with E-state index in [1.54, 1.807) is 21.9 Å². The molecule has 28 heavy (non-hydrogen) atoms. The van der Waals surface area contributed by atoms with Crippen LogP contribution >= 0.6 is 0 Å².